The van der Waals surface area contributed by atoms with Gasteiger partial charge in [0.1, 0.15) is 5.82 Å². The van der Waals surface area contributed by atoms with Crippen LogP contribution in [0.4, 0.5) is 4.39 Å². The topological polar surface area (TPSA) is 42.2 Å². The van der Waals surface area contributed by atoms with Gasteiger partial charge in [-0.25, -0.2) is 4.39 Å². The maximum atomic E-state index is 12.9. The number of aromatic nitrogens is 2. The van der Waals surface area contributed by atoms with Crippen molar-refractivity contribution in [3.63, 3.8) is 0 Å². The lowest BCUT2D eigenvalue weighted by Crippen LogP contribution is -2.32. The second kappa shape index (κ2) is 6.35. The molecular formula is C16H20FN3O. The highest BCUT2D eigenvalue weighted by Gasteiger charge is 2.24. The zero-order valence-corrected chi connectivity index (χ0v) is 12.3. The maximum Gasteiger partial charge on any atom is 0.229 e. The molecular weight excluding hydrogens is 269 g/mol. The molecule has 1 aliphatic rings. The fraction of sp³-hybridized carbons (Fsp3) is 0.500. The van der Waals surface area contributed by atoms with Gasteiger partial charge in [0, 0.05) is 12.3 Å². The van der Waals surface area contributed by atoms with Gasteiger partial charge >= 0.3 is 0 Å². The Morgan fingerprint density at radius 3 is 2.62 bits per heavy atom. The second-order valence-electron chi connectivity index (χ2n) is 5.56. The summed E-state index contributed by atoms with van der Waals surface area (Å²) in [6.07, 6.45) is 2.73. The predicted octanol–water partition coefficient (Wildman–Crippen LogP) is 3.00. The average molecular weight is 289 g/mol. The van der Waals surface area contributed by atoms with Crippen LogP contribution in [0.25, 0.3) is 0 Å². The molecule has 1 aliphatic heterocycles. The van der Waals surface area contributed by atoms with E-state index in [1.807, 2.05) is 0 Å². The zero-order valence-electron chi connectivity index (χ0n) is 12.3. The Labute approximate surface area is 124 Å². The van der Waals surface area contributed by atoms with Crippen LogP contribution in [0.5, 0.6) is 0 Å². The predicted molar refractivity (Wildman–Crippen MR) is 77.6 cm³/mol. The number of benzene rings is 1. The molecule has 1 aromatic carbocycles. The van der Waals surface area contributed by atoms with Gasteiger partial charge in [-0.3, -0.25) is 0 Å². The van der Waals surface area contributed by atoms with Crippen LogP contribution in [0.1, 0.15) is 43.0 Å². The molecule has 1 saturated heterocycles. The normalized spacial score (nSPS) is 17.2. The van der Waals surface area contributed by atoms with E-state index in [2.05, 4.69) is 22.0 Å². The van der Waals surface area contributed by atoms with Crippen molar-refractivity contribution < 1.29 is 8.91 Å². The Morgan fingerprint density at radius 1 is 1.24 bits per heavy atom. The lowest BCUT2D eigenvalue weighted by molar-refractivity contribution is 0.202. The number of halogens is 1. The number of hydrogen-bond donors (Lipinski definition) is 0. The first-order valence-corrected chi connectivity index (χ1v) is 7.54. The summed E-state index contributed by atoms with van der Waals surface area (Å²) in [5.41, 5.74) is 0.990. The van der Waals surface area contributed by atoms with E-state index in [9.17, 15) is 4.39 Å². The lowest BCUT2D eigenvalue weighted by Gasteiger charge is -2.28. The molecule has 3 rings (SSSR count). The molecule has 0 N–H and O–H groups in total. The Bertz CT molecular complexity index is 573. The standard InChI is InChI=1S/C16H20FN3O/c1-2-20-9-7-13(8-10-20)16-18-15(19-21-16)11-12-3-5-14(17)6-4-12/h3-6,13H,2,7-11H2,1H3. The van der Waals surface area contributed by atoms with E-state index in [4.69, 9.17) is 4.52 Å². The van der Waals surface area contributed by atoms with Crippen LogP contribution >= 0.6 is 0 Å². The van der Waals surface area contributed by atoms with Crippen LogP contribution in [-0.2, 0) is 6.42 Å². The van der Waals surface area contributed by atoms with Gasteiger partial charge in [0.15, 0.2) is 5.82 Å². The fourth-order valence-corrected chi connectivity index (χ4v) is 2.79. The van der Waals surface area contributed by atoms with Crippen LogP contribution in [0.3, 0.4) is 0 Å². The molecule has 0 unspecified atom stereocenters. The van der Waals surface area contributed by atoms with E-state index in [1.165, 1.54) is 12.1 Å². The van der Waals surface area contributed by atoms with Crippen molar-refractivity contribution in [3.8, 4) is 0 Å². The van der Waals surface area contributed by atoms with Gasteiger partial charge in [0.2, 0.25) is 5.89 Å². The van der Waals surface area contributed by atoms with Crippen molar-refractivity contribution in [3.05, 3.63) is 47.4 Å². The summed E-state index contributed by atoms with van der Waals surface area (Å²) in [5, 5.41) is 4.05. The van der Waals surface area contributed by atoms with E-state index in [1.54, 1.807) is 12.1 Å². The third-order valence-electron chi connectivity index (χ3n) is 4.14. The molecule has 0 radical (unpaired) electrons. The molecule has 21 heavy (non-hydrogen) atoms. The minimum atomic E-state index is -0.227. The highest BCUT2D eigenvalue weighted by atomic mass is 19.1. The van der Waals surface area contributed by atoms with Crippen LogP contribution in [0.15, 0.2) is 28.8 Å². The molecule has 0 aliphatic carbocycles. The first-order chi connectivity index (χ1) is 10.2. The Balaban J connectivity index is 1.62. The average Bonchev–Trinajstić information content (AvgIpc) is 2.98. The maximum absolute atomic E-state index is 12.9. The van der Waals surface area contributed by atoms with Gasteiger partial charge in [-0.2, -0.15) is 4.98 Å². The summed E-state index contributed by atoms with van der Waals surface area (Å²) in [6.45, 7) is 5.48. The molecule has 2 aromatic rings. The third kappa shape index (κ3) is 3.47. The number of rotatable bonds is 4. The van der Waals surface area contributed by atoms with Crippen molar-refractivity contribution in [2.24, 2.45) is 0 Å². The van der Waals surface area contributed by atoms with Crippen molar-refractivity contribution >= 4 is 0 Å². The van der Waals surface area contributed by atoms with Gasteiger partial charge < -0.3 is 9.42 Å². The third-order valence-corrected chi connectivity index (χ3v) is 4.14. The first-order valence-electron chi connectivity index (χ1n) is 7.54. The molecule has 4 nitrogen and oxygen atoms in total. The van der Waals surface area contributed by atoms with Gasteiger partial charge in [-0.05, 0) is 50.2 Å². The van der Waals surface area contributed by atoms with Gasteiger partial charge in [-0.1, -0.05) is 24.2 Å². The molecule has 0 atom stereocenters. The van der Waals surface area contributed by atoms with Gasteiger partial charge in [0.05, 0.1) is 0 Å². The zero-order chi connectivity index (χ0) is 14.7. The van der Waals surface area contributed by atoms with Crippen molar-refractivity contribution in [1.82, 2.24) is 15.0 Å². The van der Waals surface area contributed by atoms with E-state index in [0.717, 1.165) is 43.9 Å². The minimum absolute atomic E-state index is 0.227. The minimum Gasteiger partial charge on any atom is -0.339 e. The van der Waals surface area contributed by atoms with Crippen molar-refractivity contribution in [2.45, 2.75) is 32.1 Å². The molecule has 1 fully saturated rings. The van der Waals surface area contributed by atoms with Crippen molar-refractivity contribution in [1.29, 1.82) is 0 Å². The van der Waals surface area contributed by atoms with Crippen LogP contribution in [0, 0.1) is 5.82 Å². The summed E-state index contributed by atoms with van der Waals surface area (Å²) in [4.78, 5) is 6.95. The summed E-state index contributed by atoms with van der Waals surface area (Å²) in [6, 6.07) is 6.42. The molecule has 0 amide bonds. The molecule has 0 bridgehead atoms. The summed E-state index contributed by atoms with van der Waals surface area (Å²) in [5.74, 6) is 1.58. The number of likely N-dealkylation sites (tertiary alicyclic amines) is 1. The van der Waals surface area contributed by atoms with Gasteiger partial charge in [0.25, 0.3) is 0 Å². The van der Waals surface area contributed by atoms with Crippen LogP contribution in [0.2, 0.25) is 0 Å². The quantitative estimate of drug-likeness (QED) is 0.867. The molecule has 112 valence electrons. The smallest absolute Gasteiger partial charge is 0.229 e. The second-order valence-corrected chi connectivity index (χ2v) is 5.56. The SMILES string of the molecule is CCN1CCC(c2nc(Cc3ccc(F)cc3)no2)CC1. The fourth-order valence-electron chi connectivity index (χ4n) is 2.79. The summed E-state index contributed by atoms with van der Waals surface area (Å²) in [7, 11) is 0. The number of piperidine rings is 1. The largest absolute Gasteiger partial charge is 0.339 e. The Morgan fingerprint density at radius 2 is 1.95 bits per heavy atom. The highest BCUT2D eigenvalue weighted by molar-refractivity contribution is 5.19. The summed E-state index contributed by atoms with van der Waals surface area (Å²) >= 11 is 0. The number of hydrogen-bond acceptors (Lipinski definition) is 4. The lowest BCUT2D eigenvalue weighted by atomic mass is 9.97. The molecule has 1 aromatic heterocycles. The molecule has 2 heterocycles. The Hall–Kier alpha value is -1.75. The summed E-state index contributed by atoms with van der Waals surface area (Å²) < 4.78 is 18.3. The highest BCUT2D eigenvalue weighted by Crippen LogP contribution is 2.26. The monoisotopic (exact) mass is 289 g/mol. The van der Waals surface area contributed by atoms with Gasteiger partial charge in [-0.15, -0.1) is 0 Å². The van der Waals surface area contributed by atoms with E-state index in [0.29, 0.717) is 18.2 Å². The van der Waals surface area contributed by atoms with E-state index >= 15 is 0 Å². The molecule has 0 saturated carbocycles. The van der Waals surface area contributed by atoms with Crippen LogP contribution < -0.4 is 0 Å². The van der Waals surface area contributed by atoms with E-state index < -0.39 is 0 Å². The Kier molecular flexibility index (Phi) is 4.29. The molecule has 0 spiro atoms. The van der Waals surface area contributed by atoms with Crippen LogP contribution in [-0.4, -0.2) is 34.7 Å². The number of nitrogens with zero attached hydrogens (tertiary/aromatic N) is 3. The molecule has 5 heteroatoms. The first kappa shape index (κ1) is 14.2. The van der Waals surface area contributed by atoms with E-state index in [-0.39, 0.29) is 5.82 Å². The van der Waals surface area contributed by atoms with Crippen molar-refractivity contribution in [2.75, 3.05) is 19.6 Å².